The van der Waals surface area contributed by atoms with Crippen LogP contribution in [0.25, 0.3) is 0 Å². The lowest BCUT2D eigenvalue weighted by molar-refractivity contribution is -0.126. The first-order valence-electron chi connectivity index (χ1n) is 9.03. The summed E-state index contributed by atoms with van der Waals surface area (Å²) in [5, 5.41) is 3.04. The van der Waals surface area contributed by atoms with Crippen LogP contribution in [0.1, 0.15) is 32.8 Å². The van der Waals surface area contributed by atoms with Crippen molar-refractivity contribution in [3.05, 3.63) is 29.8 Å². The molecule has 138 valence electrons. The molecule has 1 N–H and O–H groups in total. The van der Waals surface area contributed by atoms with Gasteiger partial charge in [-0.25, -0.2) is 0 Å². The van der Waals surface area contributed by atoms with Gasteiger partial charge < -0.3 is 15.1 Å². The summed E-state index contributed by atoms with van der Waals surface area (Å²) in [5.41, 5.74) is 2.12. The molecule has 5 nitrogen and oxygen atoms in total. The van der Waals surface area contributed by atoms with E-state index in [0.717, 1.165) is 18.7 Å². The lowest BCUT2D eigenvalue weighted by Crippen LogP contribution is -2.42. The van der Waals surface area contributed by atoms with Crippen molar-refractivity contribution in [2.75, 3.05) is 38.6 Å². The molecule has 0 spiro atoms. The Hall–Kier alpha value is -1.88. The Bertz CT molecular complexity index is 608. The minimum Gasteiger partial charge on any atom is -0.355 e. The van der Waals surface area contributed by atoms with Crippen LogP contribution in [0.15, 0.2) is 24.3 Å². The van der Waals surface area contributed by atoms with Gasteiger partial charge in [0.1, 0.15) is 0 Å². The molecule has 2 rings (SSSR count). The monoisotopic (exact) mass is 345 g/mol. The van der Waals surface area contributed by atoms with Crippen molar-refractivity contribution in [1.29, 1.82) is 0 Å². The topological polar surface area (TPSA) is 52.7 Å². The van der Waals surface area contributed by atoms with E-state index in [1.807, 2.05) is 38.4 Å². The number of carbonyl (C=O) groups excluding carboxylic acids is 2. The predicted molar refractivity (Wildman–Crippen MR) is 102 cm³/mol. The Kier molecular flexibility index (Phi) is 6.22. The minimum absolute atomic E-state index is 0.00254. The summed E-state index contributed by atoms with van der Waals surface area (Å²) in [4.78, 5) is 28.7. The molecular weight excluding hydrogens is 314 g/mol. The van der Waals surface area contributed by atoms with E-state index in [0.29, 0.717) is 13.1 Å². The molecule has 0 radical (unpaired) electrons. The standard InChI is InChI=1S/C20H31N3O2/c1-6-15-7-9-17(10-8-15)23-12-16(11-18(23)24)19(25)21-13-20(2,3)14-22(4)5/h7-10,16H,6,11-14H2,1-5H3,(H,21,25)/t16-/m0/s1. The summed E-state index contributed by atoms with van der Waals surface area (Å²) >= 11 is 0. The Morgan fingerprint density at radius 1 is 1.28 bits per heavy atom. The highest BCUT2D eigenvalue weighted by Gasteiger charge is 2.35. The van der Waals surface area contributed by atoms with E-state index in [4.69, 9.17) is 0 Å². The van der Waals surface area contributed by atoms with Crippen LogP contribution in [0.4, 0.5) is 5.69 Å². The maximum absolute atomic E-state index is 12.5. The van der Waals surface area contributed by atoms with Gasteiger partial charge in [-0.2, -0.15) is 0 Å². The van der Waals surface area contributed by atoms with E-state index >= 15 is 0 Å². The largest absolute Gasteiger partial charge is 0.355 e. The van der Waals surface area contributed by atoms with Crippen LogP contribution in [0.3, 0.4) is 0 Å². The number of hydrogen-bond acceptors (Lipinski definition) is 3. The maximum Gasteiger partial charge on any atom is 0.227 e. The predicted octanol–water partition coefficient (Wildman–Crippen LogP) is 2.31. The molecule has 1 fully saturated rings. The van der Waals surface area contributed by atoms with Crippen molar-refractivity contribution < 1.29 is 9.59 Å². The molecule has 1 saturated heterocycles. The van der Waals surface area contributed by atoms with E-state index in [-0.39, 0.29) is 29.6 Å². The zero-order valence-electron chi connectivity index (χ0n) is 16.1. The Balaban J connectivity index is 1.93. The molecule has 2 amide bonds. The van der Waals surface area contributed by atoms with E-state index in [9.17, 15) is 9.59 Å². The fourth-order valence-electron chi connectivity index (χ4n) is 3.43. The summed E-state index contributed by atoms with van der Waals surface area (Å²) in [6, 6.07) is 8.02. The molecule has 0 aromatic heterocycles. The van der Waals surface area contributed by atoms with Gasteiger partial charge in [-0.1, -0.05) is 32.9 Å². The lowest BCUT2D eigenvalue weighted by Gasteiger charge is -2.29. The Morgan fingerprint density at radius 3 is 2.48 bits per heavy atom. The van der Waals surface area contributed by atoms with Crippen molar-refractivity contribution in [3.8, 4) is 0 Å². The number of nitrogens with one attached hydrogen (secondary N) is 1. The number of nitrogens with zero attached hydrogens (tertiary/aromatic N) is 2. The average molecular weight is 345 g/mol. The summed E-state index contributed by atoms with van der Waals surface area (Å²) in [7, 11) is 4.06. The van der Waals surface area contributed by atoms with Gasteiger partial charge in [0.2, 0.25) is 11.8 Å². The molecule has 0 aliphatic carbocycles. The number of rotatable bonds is 7. The second-order valence-corrected chi connectivity index (χ2v) is 8.05. The second kappa shape index (κ2) is 8.00. The summed E-state index contributed by atoms with van der Waals surface area (Å²) < 4.78 is 0. The highest BCUT2D eigenvalue weighted by Crippen LogP contribution is 2.26. The quantitative estimate of drug-likeness (QED) is 0.825. The van der Waals surface area contributed by atoms with Gasteiger partial charge in [-0.3, -0.25) is 9.59 Å². The molecule has 1 heterocycles. The van der Waals surface area contributed by atoms with Crippen molar-refractivity contribution in [1.82, 2.24) is 10.2 Å². The summed E-state index contributed by atoms with van der Waals surface area (Å²) in [6.45, 7) is 8.34. The highest BCUT2D eigenvalue weighted by atomic mass is 16.2. The molecule has 0 bridgehead atoms. The SMILES string of the molecule is CCc1ccc(N2C[C@@H](C(=O)NCC(C)(C)CN(C)C)CC2=O)cc1. The van der Waals surface area contributed by atoms with Gasteiger partial charge in [-0.05, 0) is 43.6 Å². The number of carbonyl (C=O) groups is 2. The van der Waals surface area contributed by atoms with Crippen LogP contribution in [-0.4, -0.2) is 50.4 Å². The average Bonchev–Trinajstić information content (AvgIpc) is 2.93. The highest BCUT2D eigenvalue weighted by molar-refractivity contribution is 6.00. The minimum atomic E-state index is -0.270. The fourth-order valence-corrected chi connectivity index (χ4v) is 3.43. The van der Waals surface area contributed by atoms with E-state index < -0.39 is 0 Å². The van der Waals surface area contributed by atoms with Gasteiger partial charge in [0.05, 0.1) is 5.92 Å². The first-order valence-corrected chi connectivity index (χ1v) is 9.03. The van der Waals surface area contributed by atoms with Crippen LogP contribution in [-0.2, 0) is 16.0 Å². The smallest absolute Gasteiger partial charge is 0.227 e. The third-order valence-electron chi connectivity index (χ3n) is 4.64. The molecule has 1 aliphatic rings. The number of anilines is 1. The molecular formula is C20H31N3O2. The zero-order valence-corrected chi connectivity index (χ0v) is 16.1. The van der Waals surface area contributed by atoms with Crippen LogP contribution in [0, 0.1) is 11.3 Å². The van der Waals surface area contributed by atoms with Gasteiger partial charge in [0.15, 0.2) is 0 Å². The molecule has 1 aliphatic heterocycles. The van der Waals surface area contributed by atoms with Gasteiger partial charge in [0, 0.05) is 31.7 Å². The third-order valence-corrected chi connectivity index (χ3v) is 4.64. The van der Waals surface area contributed by atoms with E-state index in [1.165, 1.54) is 5.56 Å². The van der Waals surface area contributed by atoms with Crippen LogP contribution < -0.4 is 10.2 Å². The summed E-state index contributed by atoms with van der Waals surface area (Å²) in [6.07, 6.45) is 1.26. The van der Waals surface area contributed by atoms with Crippen LogP contribution in [0.5, 0.6) is 0 Å². The molecule has 5 heteroatoms. The molecule has 1 aromatic carbocycles. The summed E-state index contributed by atoms with van der Waals surface area (Å²) in [5.74, 6) is -0.265. The van der Waals surface area contributed by atoms with E-state index in [1.54, 1.807) is 4.90 Å². The molecule has 0 unspecified atom stereocenters. The molecule has 1 atom stereocenters. The lowest BCUT2D eigenvalue weighted by atomic mass is 9.92. The molecule has 1 aromatic rings. The number of hydrogen-bond donors (Lipinski definition) is 1. The van der Waals surface area contributed by atoms with Crippen molar-refractivity contribution >= 4 is 17.5 Å². The van der Waals surface area contributed by atoms with Gasteiger partial charge in [-0.15, -0.1) is 0 Å². The van der Waals surface area contributed by atoms with E-state index in [2.05, 4.69) is 31.0 Å². The second-order valence-electron chi connectivity index (χ2n) is 8.05. The molecule has 25 heavy (non-hydrogen) atoms. The number of aryl methyl sites for hydroxylation is 1. The Labute approximate surface area is 151 Å². The first kappa shape index (κ1) is 19.4. The number of benzene rings is 1. The normalized spacial score (nSPS) is 18.1. The Morgan fingerprint density at radius 2 is 1.92 bits per heavy atom. The van der Waals surface area contributed by atoms with Crippen LogP contribution in [0.2, 0.25) is 0 Å². The van der Waals surface area contributed by atoms with Crippen molar-refractivity contribution in [2.24, 2.45) is 11.3 Å². The first-order chi connectivity index (χ1) is 11.7. The fraction of sp³-hybridized carbons (Fsp3) is 0.600. The van der Waals surface area contributed by atoms with Crippen molar-refractivity contribution in [2.45, 2.75) is 33.6 Å². The maximum atomic E-state index is 12.5. The van der Waals surface area contributed by atoms with Gasteiger partial charge >= 0.3 is 0 Å². The number of amides is 2. The van der Waals surface area contributed by atoms with Gasteiger partial charge in [0.25, 0.3) is 0 Å². The van der Waals surface area contributed by atoms with Crippen molar-refractivity contribution in [3.63, 3.8) is 0 Å². The van der Waals surface area contributed by atoms with Crippen LogP contribution >= 0.6 is 0 Å². The molecule has 0 saturated carbocycles. The zero-order chi connectivity index (χ0) is 18.6. The third kappa shape index (κ3) is 5.30.